The Morgan fingerprint density at radius 2 is 2.33 bits per heavy atom. The lowest BCUT2D eigenvalue weighted by atomic mass is 9.95. The molecule has 1 heterocycles. The molecular formula is C7H13NO. The first-order chi connectivity index (χ1) is 4.21. The maximum Gasteiger partial charge on any atom is 0.0814 e. The van der Waals surface area contributed by atoms with Crippen LogP contribution in [0.15, 0.2) is 4.99 Å². The first kappa shape index (κ1) is 6.75. The summed E-state index contributed by atoms with van der Waals surface area (Å²) in [6, 6.07) is 0. The second-order valence-electron chi connectivity index (χ2n) is 3.20. The fourth-order valence-corrected chi connectivity index (χ4v) is 0.798. The quantitative estimate of drug-likeness (QED) is 0.477. The molecule has 0 aliphatic carbocycles. The molecule has 52 valence electrons. The van der Waals surface area contributed by atoms with Gasteiger partial charge in [0.05, 0.1) is 13.2 Å². The van der Waals surface area contributed by atoms with E-state index in [1.807, 2.05) is 6.21 Å². The predicted octanol–water partition coefficient (Wildman–Crippen LogP) is 1.11. The van der Waals surface area contributed by atoms with Crippen LogP contribution in [0.4, 0.5) is 0 Å². The Labute approximate surface area is 55.9 Å². The van der Waals surface area contributed by atoms with Crippen LogP contribution in [0, 0.1) is 5.41 Å². The normalized spacial score (nSPS) is 25.6. The summed E-state index contributed by atoms with van der Waals surface area (Å²) in [6.45, 7) is 6.73. The molecule has 0 saturated carbocycles. The van der Waals surface area contributed by atoms with Crippen molar-refractivity contribution in [2.24, 2.45) is 10.4 Å². The summed E-state index contributed by atoms with van der Waals surface area (Å²) in [4.78, 5) is 4.17. The molecule has 0 radical (unpaired) electrons. The van der Waals surface area contributed by atoms with Gasteiger partial charge < -0.3 is 4.74 Å². The van der Waals surface area contributed by atoms with Gasteiger partial charge in [0.1, 0.15) is 0 Å². The van der Waals surface area contributed by atoms with Crippen LogP contribution in [0.25, 0.3) is 0 Å². The van der Waals surface area contributed by atoms with Crippen molar-refractivity contribution in [3.05, 3.63) is 0 Å². The van der Waals surface area contributed by atoms with E-state index < -0.39 is 0 Å². The molecule has 0 spiro atoms. The van der Waals surface area contributed by atoms with Crippen molar-refractivity contribution < 1.29 is 4.74 Å². The fourth-order valence-electron chi connectivity index (χ4n) is 0.798. The number of aliphatic imine (C=N–C) groups is 1. The maximum atomic E-state index is 5.26. The Balaban J connectivity index is 2.48. The summed E-state index contributed by atoms with van der Waals surface area (Å²) in [5, 5.41) is 0. The zero-order valence-corrected chi connectivity index (χ0v) is 6.05. The lowest BCUT2D eigenvalue weighted by molar-refractivity contribution is 0.100. The molecule has 0 saturated heterocycles. The van der Waals surface area contributed by atoms with E-state index in [2.05, 4.69) is 18.8 Å². The highest BCUT2D eigenvalue weighted by atomic mass is 16.5. The van der Waals surface area contributed by atoms with Crippen molar-refractivity contribution in [2.75, 3.05) is 19.8 Å². The molecule has 1 aliphatic rings. The molecule has 0 atom stereocenters. The van der Waals surface area contributed by atoms with Crippen LogP contribution in [0.2, 0.25) is 0 Å². The average molecular weight is 127 g/mol. The van der Waals surface area contributed by atoms with E-state index >= 15 is 0 Å². The van der Waals surface area contributed by atoms with E-state index in [9.17, 15) is 0 Å². The van der Waals surface area contributed by atoms with Gasteiger partial charge in [-0.3, -0.25) is 4.99 Å². The lowest BCUT2D eigenvalue weighted by Gasteiger charge is -2.18. The molecule has 2 heteroatoms. The first-order valence-corrected chi connectivity index (χ1v) is 3.27. The van der Waals surface area contributed by atoms with Crippen molar-refractivity contribution in [3.63, 3.8) is 0 Å². The highest BCUT2D eigenvalue weighted by Crippen LogP contribution is 2.16. The van der Waals surface area contributed by atoms with Gasteiger partial charge in [-0.2, -0.15) is 0 Å². The van der Waals surface area contributed by atoms with Crippen LogP contribution >= 0.6 is 0 Å². The highest BCUT2D eigenvalue weighted by Gasteiger charge is 2.18. The van der Waals surface area contributed by atoms with Gasteiger partial charge in [-0.1, -0.05) is 13.8 Å². The summed E-state index contributed by atoms with van der Waals surface area (Å²) in [5.41, 5.74) is 0.243. The fraction of sp³-hybridized carbons (Fsp3) is 0.857. The van der Waals surface area contributed by atoms with Gasteiger partial charge >= 0.3 is 0 Å². The van der Waals surface area contributed by atoms with Gasteiger partial charge in [0, 0.05) is 18.2 Å². The Bertz CT molecular complexity index is 118. The Morgan fingerprint density at radius 1 is 1.56 bits per heavy atom. The molecule has 1 rings (SSSR count). The number of nitrogens with zero attached hydrogens (tertiary/aromatic N) is 1. The average Bonchev–Trinajstić information content (AvgIpc) is 1.92. The molecule has 0 fully saturated rings. The van der Waals surface area contributed by atoms with E-state index in [0.29, 0.717) is 6.61 Å². The summed E-state index contributed by atoms with van der Waals surface area (Å²) in [5.74, 6) is 0. The first-order valence-electron chi connectivity index (χ1n) is 3.27. The van der Waals surface area contributed by atoms with E-state index in [1.165, 1.54) is 0 Å². The van der Waals surface area contributed by atoms with E-state index in [1.54, 1.807) is 0 Å². The van der Waals surface area contributed by atoms with Crippen LogP contribution in [-0.4, -0.2) is 26.0 Å². The van der Waals surface area contributed by atoms with Crippen molar-refractivity contribution in [1.82, 2.24) is 0 Å². The molecule has 0 unspecified atom stereocenters. The van der Waals surface area contributed by atoms with Gasteiger partial charge in [-0.15, -0.1) is 0 Å². The third kappa shape index (κ3) is 2.14. The Hall–Kier alpha value is -0.370. The van der Waals surface area contributed by atoms with Gasteiger partial charge in [0.15, 0.2) is 0 Å². The molecule has 2 nitrogen and oxygen atoms in total. The minimum absolute atomic E-state index is 0.243. The molecule has 0 bridgehead atoms. The minimum Gasteiger partial charge on any atom is -0.375 e. The van der Waals surface area contributed by atoms with E-state index in [-0.39, 0.29) is 5.41 Å². The Kier molecular flexibility index (Phi) is 1.86. The van der Waals surface area contributed by atoms with Crippen LogP contribution < -0.4 is 0 Å². The summed E-state index contributed by atoms with van der Waals surface area (Å²) in [6.07, 6.45) is 1.84. The SMILES string of the molecule is CC1(C)CN=CCOC1. The highest BCUT2D eigenvalue weighted by molar-refractivity contribution is 5.58. The number of ether oxygens (including phenoxy) is 1. The molecule has 0 aromatic heterocycles. The third-order valence-electron chi connectivity index (χ3n) is 1.33. The topological polar surface area (TPSA) is 21.6 Å². The summed E-state index contributed by atoms with van der Waals surface area (Å²) < 4.78 is 5.26. The van der Waals surface area contributed by atoms with Gasteiger partial charge in [0.25, 0.3) is 0 Å². The number of hydrogen-bond acceptors (Lipinski definition) is 2. The zero-order chi connectivity index (χ0) is 6.74. The van der Waals surface area contributed by atoms with Crippen LogP contribution in [0.3, 0.4) is 0 Å². The zero-order valence-electron chi connectivity index (χ0n) is 6.05. The van der Waals surface area contributed by atoms with Crippen LogP contribution in [0.5, 0.6) is 0 Å². The third-order valence-corrected chi connectivity index (χ3v) is 1.33. The molecular weight excluding hydrogens is 114 g/mol. The molecule has 1 aliphatic heterocycles. The maximum absolute atomic E-state index is 5.26. The second kappa shape index (κ2) is 2.48. The largest absolute Gasteiger partial charge is 0.375 e. The van der Waals surface area contributed by atoms with Crippen molar-refractivity contribution in [1.29, 1.82) is 0 Å². The molecule has 9 heavy (non-hydrogen) atoms. The van der Waals surface area contributed by atoms with Crippen molar-refractivity contribution >= 4 is 6.21 Å². The van der Waals surface area contributed by atoms with Crippen molar-refractivity contribution in [2.45, 2.75) is 13.8 Å². The Morgan fingerprint density at radius 3 is 3.11 bits per heavy atom. The van der Waals surface area contributed by atoms with Crippen LogP contribution in [-0.2, 0) is 4.74 Å². The summed E-state index contributed by atoms with van der Waals surface area (Å²) in [7, 11) is 0. The van der Waals surface area contributed by atoms with E-state index in [4.69, 9.17) is 4.74 Å². The molecule has 0 aromatic rings. The molecule has 0 aromatic carbocycles. The smallest absolute Gasteiger partial charge is 0.0814 e. The molecule has 0 N–H and O–H groups in total. The predicted molar refractivity (Wildman–Crippen MR) is 38.0 cm³/mol. The summed E-state index contributed by atoms with van der Waals surface area (Å²) >= 11 is 0. The standard InChI is InChI=1S/C7H13NO/c1-7(2)5-8-3-4-9-6-7/h3H,4-6H2,1-2H3. The monoisotopic (exact) mass is 127 g/mol. The van der Waals surface area contributed by atoms with Gasteiger partial charge in [0.2, 0.25) is 0 Å². The second-order valence-corrected chi connectivity index (χ2v) is 3.20. The molecule has 0 amide bonds. The van der Waals surface area contributed by atoms with E-state index in [0.717, 1.165) is 13.2 Å². The van der Waals surface area contributed by atoms with Crippen molar-refractivity contribution in [3.8, 4) is 0 Å². The van der Waals surface area contributed by atoms with Gasteiger partial charge in [-0.25, -0.2) is 0 Å². The lowest BCUT2D eigenvalue weighted by Crippen LogP contribution is -2.20. The number of hydrogen-bond donors (Lipinski definition) is 0. The van der Waals surface area contributed by atoms with Crippen LogP contribution in [0.1, 0.15) is 13.8 Å². The number of rotatable bonds is 0. The minimum atomic E-state index is 0.243. The van der Waals surface area contributed by atoms with Gasteiger partial charge in [-0.05, 0) is 0 Å².